The van der Waals surface area contributed by atoms with Gasteiger partial charge in [-0.2, -0.15) is 0 Å². The molecule has 1 fully saturated rings. The zero-order chi connectivity index (χ0) is 26.9. The standard InChI is InChI=1S/C27H26Br2N4O4S/c1-32-14-12-21(13-15-32)30-26(34)27-31-24-16-22(8-11-25(24)37-27)33(17-18-2-4-19(28)5-3-18)38(35,36)23-9-6-20(29)7-10-23/h2-11,16,21H,12-15,17H2,1H3,(H,30,34). The molecule has 1 aromatic heterocycles. The predicted octanol–water partition coefficient (Wildman–Crippen LogP) is 5.57. The lowest BCUT2D eigenvalue weighted by Gasteiger charge is -2.29. The highest BCUT2D eigenvalue weighted by molar-refractivity contribution is 9.10. The number of aromatic nitrogens is 1. The Hall–Kier alpha value is -2.73. The number of rotatable bonds is 7. The van der Waals surface area contributed by atoms with Gasteiger partial charge in [0.25, 0.3) is 15.9 Å². The van der Waals surface area contributed by atoms with Gasteiger partial charge >= 0.3 is 5.91 Å². The molecule has 11 heteroatoms. The molecule has 2 heterocycles. The fourth-order valence-electron chi connectivity index (χ4n) is 4.37. The molecule has 4 aromatic rings. The topological polar surface area (TPSA) is 95.8 Å². The van der Waals surface area contributed by atoms with Gasteiger partial charge in [0, 0.05) is 15.0 Å². The van der Waals surface area contributed by atoms with Crippen LogP contribution in [0.2, 0.25) is 0 Å². The van der Waals surface area contributed by atoms with Crippen LogP contribution in [0.25, 0.3) is 11.1 Å². The van der Waals surface area contributed by atoms with Gasteiger partial charge in [0.2, 0.25) is 0 Å². The normalized spacial score (nSPS) is 15.0. The lowest BCUT2D eigenvalue weighted by Crippen LogP contribution is -2.43. The monoisotopic (exact) mass is 660 g/mol. The molecule has 0 spiro atoms. The molecule has 0 saturated carbocycles. The Morgan fingerprint density at radius 3 is 2.32 bits per heavy atom. The Labute approximate surface area is 238 Å². The van der Waals surface area contributed by atoms with Crippen molar-refractivity contribution in [3.8, 4) is 0 Å². The molecule has 1 N–H and O–H groups in total. The fraction of sp³-hybridized carbons (Fsp3) is 0.259. The van der Waals surface area contributed by atoms with Crippen LogP contribution in [0.15, 0.2) is 85.0 Å². The maximum absolute atomic E-state index is 13.8. The van der Waals surface area contributed by atoms with Gasteiger partial charge in [-0.3, -0.25) is 9.10 Å². The Morgan fingerprint density at radius 1 is 1.03 bits per heavy atom. The van der Waals surface area contributed by atoms with Gasteiger partial charge in [-0.25, -0.2) is 13.4 Å². The van der Waals surface area contributed by atoms with Crippen molar-refractivity contribution in [2.45, 2.75) is 30.3 Å². The summed E-state index contributed by atoms with van der Waals surface area (Å²) in [5, 5.41) is 3.01. The molecule has 3 aromatic carbocycles. The van der Waals surface area contributed by atoms with Crippen molar-refractivity contribution >= 4 is 64.6 Å². The quantitative estimate of drug-likeness (QED) is 0.278. The molecule has 5 rings (SSSR count). The van der Waals surface area contributed by atoms with Crippen LogP contribution in [-0.4, -0.2) is 50.4 Å². The molecule has 0 radical (unpaired) electrons. The van der Waals surface area contributed by atoms with E-state index in [1.807, 2.05) is 24.3 Å². The highest BCUT2D eigenvalue weighted by Gasteiger charge is 2.27. The van der Waals surface area contributed by atoms with Crippen molar-refractivity contribution in [3.63, 3.8) is 0 Å². The fourth-order valence-corrected chi connectivity index (χ4v) is 6.35. The van der Waals surface area contributed by atoms with Crippen molar-refractivity contribution in [1.29, 1.82) is 0 Å². The number of hydrogen-bond acceptors (Lipinski definition) is 6. The molecule has 1 saturated heterocycles. The molecular weight excluding hydrogens is 636 g/mol. The molecule has 0 aliphatic carbocycles. The molecule has 1 aliphatic rings. The van der Waals surface area contributed by atoms with Gasteiger partial charge in [0.1, 0.15) is 5.52 Å². The molecule has 8 nitrogen and oxygen atoms in total. The van der Waals surface area contributed by atoms with E-state index in [4.69, 9.17) is 4.42 Å². The number of carbonyl (C=O) groups excluding carboxylic acids is 1. The first-order chi connectivity index (χ1) is 18.2. The van der Waals surface area contributed by atoms with Crippen LogP contribution in [0, 0.1) is 0 Å². The Balaban J connectivity index is 1.47. The second-order valence-electron chi connectivity index (χ2n) is 9.31. The number of amides is 1. The highest BCUT2D eigenvalue weighted by atomic mass is 79.9. The smallest absolute Gasteiger partial charge is 0.307 e. The molecule has 0 unspecified atom stereocenters. The van der Waals surface area contributed by atoms with Gasteiger partial charge in [0.15, 0.2) is 5.58 Å². The second kappa shape index (κ2) is 11.2. The van der Waals surface area contributed by atoms with Crippen LogP contribution >= 0.6 is 31.9 Å². The number of nitrogens with one attached hydrogen (secondary N) is 1. The molecular formula is C27H26Br2N4O4S. The molecule has 1 aliphatic heterocycles. The minimum absolute atomic E-state index is 0.0358. The maximum Gasteiger partial charge on any atom is 0.307 e. The van der Waals surface area contributed by atoms with Gasteiger partial charge in [-0.1, -0.05) is 44.0 Å². The first kappa shape index (κ1) is 26.9. The van der Waals surface area contributed by atoms with Crippen LogP contribution in [0.5, 0.6) is 0 Å². The SMILES string of the molecule is CN1CCC(NC(=O)c2nc3cc(N(Cc4ccc(Br)cc4)S(=O)(=O)c4ccc(Br)cc4)ccc3o2)CC1. The van der Waals surface area contributed by atoms with Crippen LogP contribution in [0.3, 0.4) is 0 Å². The van der Waals surface area contributed by atoms with Gasteiger partial charge in [-0.15, -0.1) is 0 Å². The van der Waals surface area contributed by atoms with Crippen molar-refractivity contribution in [1.82, 2.24) is 15.2 Å². The first-order valence-electron chi connectivity index (χ1n) is 12.1. The van der Waals surface area contributed by atoms with Crippen LogP contribution in [-0.2, 0) is 16.6 Å². The average molecular weight is 662 g/mol. The lowest BCUT2D eigenvalue weighted by molar-refractivity contribution is 0.0884. The number of halogens is 2. The van der Waals surface area contributed by atoms with Gasteiger partial charge < -0.3 is 14.6 Å². The predicted molar refractivity (Wildman–Crippen MR) is 154 cm³/mol. The summed E-state index contributed by atoms with van der Waals surface area (Å²) in [6, 6.07) is 19.0. The largest absolute Gasteiger partial charge is 0.432 e. The van der Waals surface area contributed by atoms with E-state index in [9.17, 15) is 13.2 Å². The van der Waals surface area contributed by atoms with Crippen molar-refractivity contribution in [2.75, 3.05) is 24.4 Å². The van der Waals surface area contributed by atoms with Crippen LogP contribution < -0.4 is 9.62 Å². The molecule has 1 amide bonds. The van der Waals surface area contributed by atoms with E-state index in [0.29, 0.717) is 16.8 Å². The summed E-state index contributed by atoms with van der Waals surface area (Å²) in [6.07, 6.45) is 1.73. The number of fused-ring (bicyclic) bond motifs is 1. The van der Waals surface area contributed by atoms with Gasteiger partial charge in [0.05, 0.1) is 17.1 Å². The first-order valence-corrected chi connectivity index (χ1v) is 15.1. The van der Waals surface area contributed by atoms with Gasteiger partial charge in [-0.05, 0) is 93.1 Å². The third-order valence-electron chi connectivity index (χ3n) is 6.55. The summed E-state index contributed by atoms with van der Waals surface area (Å²) in [7, 11) is -1.86. The zero-order valence-corrected chi connectivity index (χ0v) is 24.6. The van der Waals surface area contributed by atoms with Crippen LogP contribution in [0.4, 0.5) is 5.69 Å². The van der Waals surface area contributed by atoms with E-state index in [2.05, 4.69) is 54.1 Å². The lowest BCUT2D eigenvalue weighted by atomic mass is 10.1. The summed E-state index contributed by atoms with van der Waals surface area (Å²) >= 11 is 6.79. The number of likely N-dealkylation sites (tertiary alicyclic amines) is 1. The number of hydrogen-bond donors (Lipinski definition) is 1. The van der Waals surface area contributed by atoms with Crippen molar-refractivity contribution in [3.05, 3.63) is 87.1 Å². The Kier molecular flexibility index (Phi) is 7.90. The summed E-state index contributed by atoms with van der Waals surface area (Å²) in [5.41, 5.74) is 2.04. The van der Waals surface area contributed by atoms with E-state index in [-0.39, 0.29) is 29.3 Å². The Morgan fingerprint density at radius 2 is 1.66 bits per heavy atom. The van der Waals surface area contributed by atoms with Crippen LogP contribution in [0.1, 0.15) is 29.1 Å². The number of piperidine rings is 1. The number of benzene rings is 3. The summed E-state index contributed by atoms with van der Waals surface area (Å²) in [4.78, 5) is 19.6. The number of sulfonamides is 1. The van der Waals surface area contributed by atoms with Crippen molar-refractivity contribution in [2.24, 2.45) is 0 Å². The van der Waals surface area contributed by atoms with E-state index >= 15 is 0 Å². The number of anilines is 1. The van der Waals surface area contributed by atoms with E-state index in [0.717, 1.165) is 40.4 Å². The molecule has 0 bridgehead atoms. The molecule has 0 atom stereocenters. The maximum atomic E-state index is 13.8. The third-order valence-corrected chi connectivity index (χ3v) is 9.39. The van der Waals surface area contributed by atoms with E-state index < -0.39 is 10.0 Å². The highest BCUT2D eigenvalue weighted by Crippen LogP contribution is 2.30. The van der Waals surface area contributed by atoms with E-state index in [1.165, 1.54) is 4.31 Å². The average Bonchev–Trinajstić information content (AvgIpc) is 3.33. The number of oxazole rings is 1. The summed E-state index contributed by atoms with van der Waals surface area (Å²) in [5.74, 6) is -0.405. The zero-order valence-electron chi connectivity index (χ0n) is 20.6. The minimum atomic E-state index is -3.92. The third kappa shape index (κ3) is 5.96. The second-order valence-corrected chi connectivity index (χ2v) is 13.0. The summed E-state index contributed by atoms with van der Waals surface area (Å²) in [6.45, 7) is 1.95. The van der Waals surface area contributed by atoms with E-state index in [1.54, 1.807) is 42.5 Å². The molecule has 198 valence electrons. The van der Waals surface area contributed by atoms with Crippen molar-refractivity contribution < 1.29 is 17.6 Å². The number of nitrogens with zero attached hydrogens (tertiary/aromatic N) is 3. The number of carbonyl (C=O) groups is 1. The molecule has 38 heavy (non-hydrogen) atoms. The Bertz CT molecular complexity index is 1550. The summed E-state index contributed by atoms with van der Waals surface area (Å²) < 4.78 is 36.4. The minimum Gasteiger partial charge on any atom is -0.432 e.